The average Bonchev–Trinajstić information content (AvgIpc) is 2.64. The van der Waals surface area contributed by atoms with E-state index in [9.17, 15) is 14.9 Å². The molecule has 1 aromatic carbocycles. The van der Waals surface area contributed by atoms with Gasteiger partial charge in [0.2, 0.25) is 5.82 Å². The SMILES string of the molecule is CCCNc1cc(N(Cc2ccccc2)C(=O)OCC)c([N+](=O)[O-])c(N)n1. The standard InChI is InChI=1S/C18H23N5O4/c1-3-10-20-15-11-14(16(23(25)26)17(19)21-15)22(18(24)27-4-2)12-13-8-6-5-7-9-13/h5-9,11H,3-4,10,12H2,1-2H3,(H3,19,20,21). The highest BCUT2D eigenvalue weighted by atomic mass is 16.6. The van der Waals surface area contributed by atoms with Gasteiger partial charge in [-0.15, -0.1) is 0 Å². The number of nitrogens with one attached hydrogen (secondary N) is 1. The second-order valence-electron chi connectivity index (χ2n) is 5.72. The van der Waals surface area contributed by atoms with E-state index in [0.29, 0.717) is 12.4 Å². The lowest BCUT2D eigenvalue weighted by atomic mass is 10.2. The highest BCUT2D eigenvalue weighted by Crippen LogP contribution is 2.36. The molecule has 0 saturated heterocycles. The van der Waals surface area contributed by atoms with Crippen molar-refractivity contribution < 1.29 is 14.5 Å². The number of pyridine rings is 1. The molecular weight excluding hydrogens is 350 g/mol. The molecule has 0 aliphatic carbocycles. The number of carbonyl (C=O) groups is 1. The maximum Gasteiger partial charge on any atom is 0.414 e. The van der Waals surface area contributed by atoms with Crippen LogP contribution in [0.5, 0.6) is 0 Å². The van der Waals surface area contributed by atoms with Gasteiger partial charge in [-0.1, -0.05) is 37.3 Å². The Kier molecular flexibility index (Phi) is 6.93. The van der Waals surface area contributed by atoms with Gasteiger partial charge in [0.25, 0.3) is 0 Å². The minimum Gasteiger partial charge on any atom is -0.449 e. The first-order chi connectivity index (χ1) is 13.0. The third-order valence-corrected chi connectivity index (χ3v) is 3.70. The topological polar surface area (TPSA) is 124 Å². The summed E-state index contributed by atoms with van der Waals surface area (Å²) in [6, 6.07) is 10.6. The van der Waals surface area contributed by atoms with Crippen LogP contribution in [0.4, 0.5) is 27.8 Å². The number of benzene rings is 1. The van der Waals surface area contributed by atoms with Gasteiger partial charge < -0.3 is 15.8 Å². The number of nitro groups is 1. The molecule has 2 rings (SSSR count). The van der Waals surface area contributed by atoms with E-state index in [1.807, 2.05) is 37.3 Å². The Hall–Kier alpha value is -3.36. The maximum absolute atomic E-state index is 12.6. The Labute approximate surface area is 157 Å². The monoisotopic (exact) mass is 373 g/mol. The van der Waals surface area contributed by atoms with E-state index in [-0.39, 0.29) is 24.7 Å². The summed E-state index contributed by atoms with van der Waals surface area (Å²) in [5.41, 5.74) is 6.22. The highest BCUT2D eigenvalue weighted by molar-refractivity contribution is 5.93. The molecule has 0 unspecified atom stereocenters. The lowest BCUT2D eigenvalue weighted by Gasteiger charge is -2.23. The van der Waals surface area contributed by atoms with Gasteiger partial charge in [0.1, 0.15) is 11.5 Å². The number of nitrogen functional groups attached to an aromatic ring is 1. The Bertz CT molecular complexity index is 798. The number of ether oxygens (including phenoxy) is 1. The van der Waals surface area contributed by atoms with E-state index in [1.54, 1.807) is 6.92 Å². The van der Waals surface area contributed by atoms with E-state index in [0.717, 1.165) is 12.0 Å². The average molecular weight is 373 g/mol. The molecular formula is C18H23N5O4. The summed E-state index contributed by atoms with van der Waals surface area (Å²) in [7, 11) is 0. The smallest absolute Gasteiger partial charge is 0.414 e. The van der Waals surface area contributed by atoms with Gasteiger partial charge in [0.05, 0.1) is 18.1 Å². The second-order valence-corrected chi connectivity index (χ2v) is 5.72. The molecule has 9 nitrogen and oxygen atoms in total. The number of anilines is 3. The second kappa shape index (κ2) is 9.37. The lowest BCUT2D eigenvalue weighted by Crippen LogP contribution is -2.32. The minimum absolute atomic E-state index is 0.0356. The summed E-state index contributed by atoms with van der Waals surface area (Å²) >= 11 is 0. The molecule has 0 atom stereocenters. The predicted octanol–water partition coefficient (Wildman–Crippen LogP) is 3.56. The summed E-state index contributed by atoms with van der Waals surface area (Å²) in [6.07, 6.45) is 0.135. The molecule has 0 fully saturated rings. The number of rotatable bonds is 8. The van der Waals surface area contributed by atoms with Gasteiger partial charge in [-0.05, 0) is 18.9 Å². The largest absolute Gasteiger partial charge is 0.449 e. The third-order valence-electron chi connectivity index (χ3n) is 3.70. The molecule has 2 aromatic rings. The number of hydrogen-bond acceptors (Lipinski definition) is 7. The van der Waals surface area contributed by atoms with Crippen LogP contribution in [0.15, 0.2) is 36.4 Å². The molecule has 0 saturated carbocycles. The van der Waals surface area contributed by atoms with Crippen molar-refractivity contribution in [2.24, 2.45) is 0 Å². The Morgan fingerprint density at radius 3 is 2.63 bits per heavy atom. The summed E-state index contributed by atoms with van der Waals surface area (Å²) in [5, 5.41) is 14.6. The van der Waals surface area contributed by atoms with Crippen molar-refractivity contribution in [2.45, 2.75) is 26.8 Å². The zero-order valence-electron chi connectivity index (χ0n) is 15.3. The molecule has 0 aliphatic rings. The van der Waals surface area contributed by atoms with Crippen LogP contribution in [0.25, 0.3) is 0 Å². The van der Waals surface area contributed by atoms with Crippen LogP contribution in [0.1, 0.15) is 25.8 Å². The quantitative estimate of drug-likeness (QED) is 0.535. The zero-order chi connectivity index (χ0) is 19.8. The molecule has 27 heavy (non-hydrogen) atoms. The van der Waals surface area contributed by atoms with E-state index in [2.05, 4.69) is 10.3 Å². The molecule has 1 aromatic heterocycles. The van der Waals surface area contributed by atoms with Gasteiger partial charge in [0.15, 0.2) is 0 Å². The van der Waals surface area contributed by atoms with E-state index >= 15 is 0 Å². The Morgan fingerprint density at radius 2 is 2.04 bits per heavy atom. The first-order valence-corrected chi connectivity index (χ1v) is 8.64. The van der Waals surface area contributed by atoms with Crippen LogP contribution in [0.2, 0.25) is 0 Å². The minimum atomic E-state index is -0.698. The van der Waals surface area contributed by atoms with E-state index in [1.165, 1.54) is 11.0 Å². The lowest BCUT2D eigenvalue weighted by molar-refractivity contribution is -0.383. The van der Waals surface area contributed by atoms with Gasteiger partial charge in [0, 0.05) is 12.6 Å². The molecule has 0 radical (unpaired) electrons. The zero-order valence-corrected chi connectivity index (χ0v) is 15.3. The van der Waals surface area contributed by atoms with Crippen molar-refractivity contribution in [3.05, 3.63) is 52.1 Å². The molecule has 1 heterocycles. The Morgan fingerprint density at radius 1 is 1.33 bits per heavy atom. The number of aromatic nitrogens is 1. The van der Waals surface area contributed by atoms with Crippen molar-refractivity contribution in [3.8, 4) is 0 Å². The summed E-state index contributed by atoms with van der Waals surface area (Å²) in [5.74, 6) is 0.0933. The van der Waals surface area contributed by atoms with Crippen molar-refractivity contribution >= 4 is 29.1 Å². The molecule has 9 heteroatoms. The molecule has 1 amide bonds. The van der Waals surface area contributed by atoms with E-state index < -0.39 is 16.7 Å². The number of nitrogens with zero attached hydrogens (tertiary/aromatic N) is 3. The normalized spacial score (nSPS) is 10.3. The van der Waals surface area contributed by atoms with Gasteiger partial charge in [-0.25, -0.2) is 9.78 Å². The van der Waals surface area contributed by atoms with Crippen molar-refractivity contribution in [3.63, 3.8) is 0 Å². The van der Waals surface area contributed by atoms with E-state index in [4.69, 9.17) is 10.5 Å². The van der Waals surface area contributed by atoms with Crippen LogP contribution in [-0.4, -0.2) is 29.2 Å². The first kappa shape index (κ1) is 20.0. The number of hydrogen-bond donors (Lipinski definition) is 2. The molecule has 3 N–H and O–H groups in total. The Balaban J connectivity index is 2.55. The summed E-state index contributed by atoms with van der Waals surface area (Å²) in [4.78, 5) is 28.7. The number of carbonyl (C=O) groups excluding carboxylic acids is 1. The number of nitrogens with two attached hydrogens (primary N) is 1. The van der Waals surface area contributed by atoms with Crippen LogP contribution in [-0.2, 0) is 11.3 Å². The number of amides is 1. The fraction of sp³-hybridized carbons (Fsp3) is 0.333. The van der Waals surface area contributed by atoms with Gasteiger partial charge in [-0.2, -0.15) is 0 Å². The van der Waals surface area contributed by atoms with Crippen LogP contribution in [0.3, 0.4) is 0 Å². The fourth-order valence-corrected chi connectivity index (χ4v) is 2.50. The van der Waals surface area contributed by atoms with Gasteiger partial charge >= 0.3 is 11.8 Å². The van der Waals surface area contributed by atoms with Crippen molar-refractivity contribution in [2.75, 3.05) is 29.1 Å². The first-order valence-electron chi connectivity index (χ1n) is 8.64. The highest BCUT2D eigenvalue weighted by Gasteiger charge is 2.30. The molecule has 0 aliphatic heterocycles. The molecule has 144 valence electrons. The molecule has 0 spiro atoms. The van der Waals surface area contributed by atoms with Crippen molar-refractivity contribution in [1.82, 2.24) is 4.98 Å². The summed E-state index contributed by atoms with van der Waals surface area (Å²) < 4.78 is 5.11. The molecule has 0 bridgehead atoms. The third kappa shape index (κ3) is 5.06. The summed E-state index contributed by atoms with van der Waals surface area (Å²) in [6.45, 7) is 4.49. The van der Waals surface area contributed by atoms with Crippen LogP contribution in [0, 0.1) is 10.1 Å². The maximum atomic E-state index is 12.6. The predicted molar refractivity (Wildman–Crippen MR) is 104 cm³/mol. The van der Waals surface area contributed by atoms with Gasteiger partial charge in [-0.3, -0.25) is 15.0 Å². The fourth-order valence-electron chi connectivity index (χ4n) is 2.50. The van der Waals surface area contributed by atoms with Crippen molar-refractivity contribution in [1.29, 1.82) is 0 Å². The van der Waals surface area contributed by atoms with Crippen LogP contribution >= 0.6 is 0 Å². The van der Waals surface area contributed by atoms with Crippen LogP contribution < -0.4 is 16.0 Å².